The highest BCUT2D eigenvalue weighted by Crippen LogP contribution is 2.27. The number of hydrogen-bond acceptors (Lipinski definition) is 7. The summed E-state index contributed by atoms with van der Waals surface area (Å²) >= 11 is 0. The Bertz CT molecular complexity index is 1090. The van der Waals surface area contributed by atoms with E-state index in [0.29, 0.717) is 18.8 Å². The largest absolute Gasteiger partial charge is 0.369 e. The molecule has 206 valence electrons. The molecule has 1 saturated heterocycles. The third-order valence-corrected chi connectivity index (χ3v) is 8.18. The highest BCUT2D eigenvalue weighted by atomic mass is 16.2. The molecule has 8 nitrogen and oxygen atoms in total. The molecule has 0 atom stereocenters. The van der Waals surface area contributed by atoms with Gasteiger partial charge < -0.3 is 20.4 Å². The molecule has 3 rings (SSSR count). The molecule has 1 amide bonds. The topological polar surface area (TPSA) is 97.2 Å². The van der Waals surface area contributed by atoms with E-state index in [2.05, 4.69) is 82.4 Å². The molecule has 8 heteroatoms. The number of nitrogens with one attached hydrogen (secondary N) is 2. The van der Waals surface area contributed by atoms with Crippen molar-refractivity contribution in [1.29, 1.82) is 5.26 Å². The summed E-state index contributed by atoms with van der Waals surface area (Å²) in [5.41, 5.74) is 2.70. The Morgan fingerprint density at radius 2 is 1.71 bits per heavy atom. The zero-order chi connectivity index (χ0) is 27.8. The fourth-order valence-corrected chi connectivity index (χ4v) is 4.69. The molecular weight excluding hydrogens is 474 g/mol. The van der Waals surface area contributed by atoms with E-state index in [1.807, 2.05) is 19.9 Å². The molecule has 1 aromatic carbocycles. The van der Waals surface area contributed by atoms with Crippen LogP contribution in [-0.2, 0) is 17.8 Å². The van der Waals surface area contributed by atoms with Crippen molar-refractivity contribution in [3.63, 3.8) is 0 Å². The normalized spacial score (nSPS) is 14.7. The molecule has 0 bridgehead atoms. The number of piperazine rings is 1. The van der Waals surface area contributed by atoms with Crippen LogP contribution < -0.4 is 15.5 Å². The van der Waals surface area contributed by atoms with E-state index in [4.69, 9.17) is 0 Å². The van der Waals surface area contributed by atoms with Gasteiger partial charge in [0, 0.05) is 62.1 Å². The third-order valence-electron chi connectivity index (χ3n) is 8.18. The number of benzene rings is 1. The Morgan fingerprint density at radius 3 is 2.29 bits per heavy atom. The van der Waals surface area contributed by atoms with Crippen LogP contribution >= 0.6 is 0 Å². The van der Waals surface area contributed by atoms with Gasteiger partial charge in [-0.1, -0.05) is 53.7 Å². The van der Waals surface area contributed by atoms with E-state index in [1.165, 1.54) is 5.69 Å². The van der Waals surface area contributed by atoms with Crippen LogP contribution in [0.3, 0.4) is 0 Å². The highest BCUT2D eigenvalue weighted by molar-refractivity contribution is 5.82. The number of nitrogens with zero attached hydrogens (tertiary/aromatic N) is 5. The van der Waals surface area contributed by atoms with Gasteiger partial charge in [0.1, 0.15) is 11.9 Å². The molecule has 2 aromatic rings. The summed E-state index contributed by atoms with van der Waals surface area (Å²) in [6, 6.07) is 10.7. The molecule has 1 aromatic heterocycles. The first kappa shape index (κ1) is 29.4. The molecule has 0 radical (unpaired) electrons. The van der Waals surface area contributed by atoms with E-state index in [1.54, 1.807) is 6.20 Å². The molecule has 1 aliphatic heterocycles. The van der Waals surface area contributed by atoms with Gasteiger partial charge in [-0.15, -0.1) is 0 Å². The van der Waals surface area contributed by atoms with Crippen molar-refractivity contribution >= 4 is 17.4 Å². The number of anilines is 2. The van der Waals surface area contributed by atoms with Crippen LogP contribution in [0.5, 0.6) is 0 Å². The number of aromatic nitrogens is 2. The van der Waals surface area contributed by atoms with E-state index < -0.39 is 5.41 Å². The van der Waals surface area contributed by atoms with E-state index in [9.17, 15) is 10.1 Å². The smallest absolute Gasteiger partial charge is 0.234 e. The summed E-state index contributed by atoms with van der Waals surface area (Å²) in [7, 11) is 0. The number of nitriles is 1. The fourth-order valence-electron chi connectivity index (χ4n) is 4.69. The standard InChI is InChI=1S/C30H45N7O/c1-7-30(6,8-2)22-34-27-24(20-32-26(19-31)35-27)21-33-28(38)29(4,5)18-23-10-12-25(13-11-23)37-16-14-36(9-3)15-17-37/h10-13,20H,7-9,14-18,21-22H2,1-6H3,(H,33,38)(H,32,34,35). The first-order valence-corrected chi connectivity index (χ1v) is 14.0. The summed E-state index contributed by atoms with van der Waals surface area (Å²) in [6.45, 7) is 19.2. The Morgan fingerprint density at radius 1 is 1.05 bits per heavy atom. The molecule has 0 saturated carbocycles. The number of hydrogen-bond donors (Lipinski definition) is 2. The number of rotatable bonds is 12. The average Bonchev–Trinajstić information content (AvgIpc) is 2.95. The minimum Gasteiger partial charge on any atom is -0.369 e. The van der Waals surface area contributed by atoms with E-state index in [0.717, 1.165) is 63.2 Å². The number of likely N-dealkylation sites (N-methyl/N-ethyl adjacent to an activating group) is 1. The van der Waals surface area contributed by atoms with Crippen molar-refractivity contribution in [2.45, 2.75) is 67.3 Å². The Balaban J connectivity index is 1.60. The van der Waals surface area contributed by atoms with Crippen LogP contribution in [0.4, 0.5) is 11.5 Å². The third kappa shape index (κ3) is 7.67. The van der Waals surface area contributed by atoms with Crippen LogP contribution in [0.1, 0.15) is 71.3 Å². The molecule has 0 spiro atoms. The van der Waals surface area contributed by atoms with Crippen LogP contribution in [0.2, 0.25) is 0 Å². The molecule has 1 fully saturated rings. The molecule has 0 unspecified atom stereocenters. The molecule has 2 N–H and O–H groups in total. The van der Waals surface area contributed by atoms with Crippen molar-refractivity contribution in [1.82, 2.24) is 20.2 Å². The molecular formula is C30H45N7O. The summed E-state index contributed by atoms with van der Waals surface area (Å²) in [5, 5.41) is 15.8. The molecule has 1 aliphatic rings. The lowest BCUT2D eigenvalue weighted by Gasteiger charge is -2.35. The highest BCUT2D eigenvalue weighted by Gasteiger charge is 2.28. The van der Waals surface area contributed by atoms with Crippen molar-refractivity contribution in [3.05, 3.63) is 47.4 Å². The van der Waals surface area contributed by atoms with Crippen LogP contribution in [0.25, 0.3) is 0 Å². The van der Waals surface area contributed by atoms with Gasteiger partial charge in [-0.3, -0.25) is 4.79 Å². The van der Waals surface area contributed by atoms with Gasteiger partial charge in [0.25, 0.3) is 0 Å². The number of amides is 1. The summed E-state index contributed by atoms with van der Waals surface area (Å²) in [6.07, 6.45) is 4.34. The Kier molecular flexibility index (Phi) is 10.1. The van der Waals surface area contributed by atoms with Crippen molar-refractivity contribution in [3.8, 4) is 6.07 Å². The Hall–Kier alpha value is -3.18. The fraction of sp³-hybridized carbons (Fsp3) is 0.600. The van der Waals surface area contributed by atoms with Gasteiger partial charge in [-0.05, 0) is 48.9 Å². The minimum absolute atomic E-state index is 0.0282. The van der Waals surface area contributed by atoms with Crippen LogP contribution in [0.15, 0.2) is 30.5 Å². The first-order valence-electron chi connectivity index (χ1n) is 14.0. The summed E-state index contributed by atoms with van der Waals surface area (Å²) < 4.78 is 0. The van der Waals surface area contributed by atoms with Gasteiger partial charge in [0.2, 0.25) is 11.7 Å². The van der Waals surface area contributed by atoms with Crippen molar-refractivity contribution in [2.75, 3.05) is 49.5 Å². The maximum atomic E-state index is 13.2. The second-order valence-corrected chi connectivity index (χ2v) is 11.4. The molecule has 0 aliphatic carbocycles. The predicted octanol–water partition coefficient (Wildman–Crippen LogP) is 4.61. The number of carbonyl (C=O) groups excluding carboxylic acids is 1. The lowest BCUT2D eigenvalue weighted by atomic mass is 9.84. The first-order chi connectivity index (χ1) is 18.1. The van der Waals surface area contributed by atoms with Gasteiger partial charge in [-0.2, -0.15) is 5.26 Å². The monoisotopic (exact) mass is 519 g/mol. The maximum Gasteiger partial charge on any atom is 0.234 e. The SMILES string of the molecule is CCN1CCN(c2ccc(CC(C)(C)C(=O)NCc3cnc(C#N)nc3NCC(C)(CC)CC)cc2)CC1. The van der Waals surface area contributed by atoms with E-state index >= 15 is 0 Å². The van der Waals surface area contributed by atoms with Crippen LogP contribution in [-0.4, -0.2) is 60.0 Å². The Labute approximate surface area is 228 Å². The predicted molar refractivity (Wildman–Crippen MR) is 154 cm³/mol. The van der Waals surface area contributed by atoms with Gasteiger partial charge in [-0.25, -0.2) is 9.97 Å². The quantitative estimate of drug-likeness (QED) is 0.422. The molecule has 2 heterocycles. The maximum absolute atomic E-state index is 13.2. The zero-order valence-electron chi connectivity index (χ0n) is 24.1. The minimum atomic E-state index is -0.585. The molecule has 38 heavy (non-hydrogen) atoms. The summed E-state index contributed by atoms with van der Waals surface area (Å²) in [4.78, 5) is 26.7. The lowest BCUT2D eigenvalue weighted by Crippen LogP contribution is -2.46. The van der Waals surface area contributed by atoms with Crippen molar-refractivity contribution in [2.24, 2.45) is 10.8 Å². The second kappa shape index (κ2) is 13.1. The van der Waals surface area contributed by atoms with Gasteiger partial charge in [0.15, 0.2) is 0 Å². The number of carbonyl (C=O) groups is 1. The van der Waals surface area contributed by atoms with E-state index in [-0.39, 0.29) is 17.1 Å². The van der Waals surface area contributed by atoms with Crippen LogP contribution in [0, 0.1) is 22.2 Å². The van der Waals surface area contributed by atoms with Gasteiger partial charge >= 0.3 is 0 Å². The zero-order valence-corrected chi connectivity index (χ0v) is 24.1. The van der Waals surface area contributed by atoms with Crippen molar-refractivity contribution < 1.29 is 4.79 Å². The lowest BCUT2D eigenvalue weighted by molar-refractivity contribution is -0.129. The average molecular weight is 520 g/mol. The second-order valence-electron chi connectivity index (χ2n) is 11.4. The summed E-state index contributed by atoms with van der Waals surface area (Å²) in [5.74, 6) is 0.700. The van der Waals surface area contributed by atoms with Gasteiger partial charge in [0.05, 0.1) is 0 Å².